The zero-order valence-electron chi connectivity index (χ0n) is 88.7. The first-order valence-corrected chi connectivity index (χ1v) is 56.9. The number of ether oxygens (including phenoxy) is 5. The largest absolute Gasteiger partial charge is 0.495 e. The van der Waals surface area contributed by atoms with Crippen LogP contribution < -0.4 is 59.2 Å². The third-order valence-corrected chi connectivity index (χ3v) is 28.6. The fourth-order valence-electron chi connectivity index (χ4n) is 11.2. The third kappa shape index (κ3) is 58.7. The number of hydrogen-bond donors (Lipinski definition) is 10. The molecule has 0 saturated carbocycles. The zero-order valence-corrected chi connectivity index (χ0v) is 93.6. The number of amides is 5. The summed E-state index contributed by atoms with van der Waals surface area (Å²) in [6.45, 7) is 36.4. The lowest BCUT2D eigenvalue weighted by Crippen LogP contribution is -2.28. The molecule has 0 aromatic heterocycles. The van der Waals surface area contributed by atoms with Crippen LogP contribution in [0.1, 0.15) is 143 Å². The summed E-state index contributed by atoms with van der Waals surface area (Å²) >= 11 is 0. The average molecular weight is 2200 g/mol. The Kier molecular flexibility index (Phi) is 59.8. The predicted octanol–water partition coefficient (Wildman–Crippen LogP) is 23.5. The number of urea groups is 1. The quantitative estimate of drug-likeness (QED) is 0.00810. The number of carbonyl (C=O) groups excluding carboxylic acids is 4. The minimum absolute atomic E-state index is 0.0122. The number of aryl methyl sites for hydroxylation is 9. The first-order chi connectivity index (χ1) is 70.3. The van der Waals surface area contributed by atoms with Gasteiger partial charge >= 0.3 is 30.5 Å². The summed E-state index contributed by atoms with van der Waals surface area (Å²) < 4.78 is 224. The van der Waals surface area contributed by atoms with Crippen molar-refractivity contribution >= 4 is 141 Å². The summed E-state index contributed by atoms with van der Waals surface area (Å²) in [5.41, 5.74) is 16.7. The van der Waals surface area contributed by atoms with Crippen molar-refractivity contribution in [2.24, 2.45) is 0 Å². The topological polar surface area (TPSA) is 443 Å². The van der Waals surface area contributed by atoms with Crippen LogP contribution in [-0.4, -0.2) is 163 Å². The van der Waals surface area contributed by atoms with E-state index in [9.17, 15) is 87.2 Å². The lowest BCUT2D eigenvalue weighted by atomic mass is 10.2. The highest BCUT2D eigenvalue weighted by molar-refractivity contribution is 7.94. The van der Waals surface area contributed by atoms with E-state index in [2.05, 4.69) is 62.1 Å². The number of sulfonamides is 6. The van der Waals surface area contributed by atoms with Crippen molar-refractivity contribution in [3.63, 3.8) is 0 Å². The molecular formula is C108H143F4N11O21S6. The summed E-state index contributed by atoms with van der Waals surface area (Å²) in [5.74, 6) is 4.42. The third-order valence-electron chi connectivity index (χ3n) is 19.4. The first-order valence-electron chi connectivity index (χ1n) is 47.2. The van der Waals surface area contributed by atoms with Gasteiger partial charge in [0.15, 0.2) is 5.75 Å². The lowest BCUT2D eigenvalue weighted by Gasteiger charge is -2.18. The number of halogens is 4. The van der Waals surface area contributed by atoms with E-state index in [0.29, 0.717) is 83.9 Å². The second-order valence-electron chi connectivity index (χ2n) is 33.4. The molecule has 0 fully saturated rings. The number of nitrogens with zero attached hydrogens (tertiary/aromatic N) is 1. The molecule has 0 heterocycles. The Morgan fingerprint density at radius 2 is 0.800 bits per heavy atom. The summed E-state index contributed by atoms with van der Waals surface area (Å²) in [5, 5.41) is 12.2. The van der Waals surface area contributed by atoms with Gasteiger partial charge in [-0.1, -0.05) is 174 Å². The molecule has 0 saturated heterocycles. The molecule has 150 heavy (non-hydrogen) atoms. The molecule has 0 unspecified atom stereocenters. The standard InChI is InChI=1S/C14H15NO2S.C12H15NO2S.2C11H15NO3.C11H17NO2S.C10H12FNO2.C10H14N2O.2C10H15NO2S.C9H10F3NO2S/c1-12-7-9-14(10-8-12)15-18(16,17)11-13-5-3-2-4-6-13;1-4-5-11-6-8-12(9-7-11)13-16(14,15)10(2)3;1-9-4-3-5-10(8-9)12-11(13)15-7-6-14-2;1-4-15-11(13)12-9-7-8(2)5-6-10(9)14-3;1-3-4-9-15(13,14)12-11-7-5-10(2)6-8-11;1-3-14-10(13)12-8-4-5-9(11)7(2)6-8;1-3-11-10(13)12-9-6-4-8(2)5-7-9;1-8(2)14(12,13)11-10-6-4-9(3)5-7-10;1-4-14(12,13)11(3)10-7-5-9(2)6-8-10;1-7-2-4-8(5-3-7)13-16(14,15)6-9(10,11)12/h2-10,15H,11H2,1H3;6-10,13H,1-3H3;3-5,8H,6-7H2,1-2H3,(H,12,13);5-7H,4H2,1-3H3,(H,12,13);5-8,12H,3-4,9H2,1-2H3;4-6H,3H2,1-2H3,(H,12,13);4-7H,3H2,1-2H3,(H2,11,12,13);4-8,11H,1-3H3;5-8H,4H2,1-3H3;2-5,13H,6H2,1H3. The van der Waals surface area contributed by atoms with E-state index in [1.165, 1.54) is 34.1 Å². The Labute approximate surface area is 884 Å². The molecule has 0 radical (unpaired) electrons. The van der Waals surface area contributed by atoms with Crippen molar-refractivity contribution in [2.75, 3.05) is 121 Å². The number of unbranched alkanes of at least 4 members (excludes halogenated alkanes) is 1. The maximum absolute atomic E-state index is 12.8. The number of benzene rings is 11. The summed E-state index contributed by atoms with van der Waals surface area (Å²) in [4.78, 5) is 44.5. The van der Waals surface area contributed by atoms with Crippen LogP contribution in [0.2, 0.25) is 0 Å². The Morgan fingerprint density at radius 1 is 0.407 bits per heavy atom. The molecule has 32 nitrogen and oxygen atoms in total. The Bertz CT molecular complexity index is 6720. The van der Waals surface area contributed by atoms with Gasteiger partial charge in [0.1, 0.15) is 18.2 Å². The number of nitrogens with one attached hydrogen (secondary N) is 10. The zero-order chi connectivity index (χ0) is 113. The summed E-state index contributed by atoms with van der Waals surface area (Å²) in [7, 11) is -15.8. The maximum Gasteiger partial charge on any atom is 0.411 e. The first kappa shape index (κ1) is 132. The fraction of sp³-hybridized carbons (Fsp3) is 0.333. The molecule has 0 aliphatic heterocycles. The molecule has 11 rings (SSSR count). The number of rotatable bonds is 32. The highest BCUT2D eigenvalue weighted by Gasteiger charge is 2.35. The molecule has 42 heteroatoms. The molecule has 11 aromatic carbocycles. The number of anilines is 10. The molecule has 5 amide bonds. The predicted molar refractivity (Wildman–Crippen MR) is 599 cm³/mol. The summed E-state index contributed by atoms with van der Waals surface area (Å²) in [6, 6.07) is 76.3. The van der Waals surface area contributed by atoms with Gasteiger partial charge in [0, 0.05) is 71.8 Å². The van der Waals surface area contributed by atoms with E-state index in [1.807, 2.05) is 207 Å². The van der Waals surface area contributed by atoms with Crippen molar-refractivity contribution in [1.29, 1.82) is 0 Å². The van der Waals surface area contributed by atoms with E-state index >= 15 is 0 Å². The Hall–Kier alpha value is -14.0. The van der Waals surface area contributed by atoms with E-state index < -0.39 is 101 Å². The van der Waals surface area contributed by atoms with E-state index in [4.69, 9.17) is 18.9 Å². The molecular weight excluding hydrogens is 2060 g/mol. The van der Waals surface area contributed by atoms with Gasteiger partial charge < -0.3 is 34.3 Å². The number of carbonyl (C=O) groups is 4. The van der Waals surface area contributed by atoms with Crippen LogP contribution in [0.5, 0.6) is 5.75 Å². The lowest BCUT2D eigenvalue weighted by molar-refractivity contribution is -0.106. The fourth-order valence-corrected chi connectivity index (χ4v) is 16.9. The van der Waals surface area contributed by atoms with Gasteiger partial charge in [-0.25, -0.2) is 74.1 Å². The highest BCUT2D eigenvalue weighted by atomic mass is 32.2. The Morgan fingerprint density at radius 3 is 1.20 bits per heavy atom. The van der Waals surface area contributed by atoms with Gasteiger partial charge in [-0.15, -0.1) is 5.92 Å². The van der Waals surface area contributed by atoms with Gasteiger partial charge in [-0.2, -0.15) is 13.2 Å². The van der Waals surface area contributed by atoms with Crippen LogP contribution in [0.3, 0.4) is 0 Å². The van der Waals surface area contributed by atoms with Crippen LogP contribution >= 0.6 is 0 Å². The Balaban J connectivity index is 0.000000564. The van der Waals surface area contributed by atoms with Crippen molar-refractivity contribution in [3.05, 3.63) is 328 Å². The van der Waals surface area contributed by atoms with Crippen LogP contribution in [0.25, 0.3) is 0 Å². The molecule has 0 atom stereocenters. The van der Waals surface area contributed by atoms with Crippen molar-refractivity contribution in [2.45, 2.75) is 167 Å². The van der Waals surface area contributed by atoms with Crippen molar-refractivity contribution < 1.29 is 111 Å². The van der Waals surface area contributed by atoms with Gasteiger partial charge in [-0.3, -0.25) is 43.9 Å². The van der Waals surface area contributed by atoms with Gasteiger partial charge in [0.2, 0.25) is 60.1 Å². The van der Waals surface area contributed by atoms with Gasteiger partial charge in [0.05, 0.1) is 66.1 Å². The highest BCUT2D eigenvalue weighted by Crippen LogP contribution is 2.27. The second kappa shape index (κ2) is 67.9. The minimum Gasteiger partial charge on any atom is -0.495 e. The van der Waals surface area contributed by atoms with Gasteiger partial charge in [-0.05, 0) is 293 Å². The smallest absolute Gasteiger partial charge is 0.411 e. The van der Waals surface area contributed by atoms with Crippen LogP contribution in [0, 0.1) is 80.0 Å². The second-order valence-corrected chi connectivity index (χ2v) is 45.5. The monoisotopic (exact) mass is 2200 g/mol. The molecule has 0 bridgehead atoms. The normalized spacial score (nSPS) is 10.7. The number of hydrogen-bond acceptors (Lipinski definition) is 21. The molecule has 820 valence electrons. The SMILES string of the molecule is CC#Cc1ccc(NS(=O)(=O)C(C)C)cc1.CCCCS(=O)(=O)Nc1ccc(C)cc1.CCNC(=O)Nc1ccc(C)cc1.CCOC(=O)Nc1cc(C)ccc1OC.CCOC(=O)Nc1ccc(F)c(C)c1.CCS(=O)(=O)N(C)c1ccc(C)cc1.COCCOC(=O)Nc1cccc(C)c1.Cc1ccc(NS(=O)(=O)C(C)C)cc1.Cc1ccc(NS(=O)(=O)CC(F)(F)F)cc1.Cc1ccc(NS(=O)(=O)Cc2ccccc2)cc1. The molecule has 10 N–H and O–H groups in total. The van der Waals surface area contributed by atoms with Crippen molar-refractivity contribution in [1.82, 2.24) is 5.32 Å². The van der Waals surface area contributed by atoms with Crippen molar-refractivity contribution in [3.8, 4) is 17.6 Å². The molecule has 0 spiro atoms. The summed E-state index contributed by atoms with van der Waals surface area (Å²) in [6.07, 6.45) is -4.62. The number of methoxy groups -OCH3 is 2. The van der Waals surface area contributed by atoms with Crippen LogP contribution in [0.4, 0.5) is 93.6 Å². The molecule has 11 aromatic rings. The minimum atomic E-state index is -4.74. The van der Waals surface area contributed by atoms with Crippen LogP contribution in [-0.2, 0) is 84.8 Å². The van der Waals surface area contributed by atoms with E-state index in [-0.39, 0.29) is 41.4 Å². The average Bonchev–Trinajstić information content (AvgIpc) is 0.841. The van der Waals surface area contributed by atoms with E-state index in [0.717, 1.165) is 67.9 Å². The van der Waals surface area contributed by atoms with E-state index in [1.54, 1.807) is 188 Å². The molecule has 0 aliphatic carbocycles. The molecule has 0 aliphatic rings. The number of alkyl halides is 3. The van der Waals surface area contributed by atoms with Gasteiger partial charge in [0.25, 0.3) is 0 Å². The maximum atomic E-state index is 12.8. The van der Waals surface area contributed by atoms with Crippen LogP contribution in [0.15, 0.2) is 261 Å².